The number of carbonyl (C=O) groups is 1. The van der Waals surface area contributed by atoms with Crippen molar-refractivity contribution in [2.75, 3.05) is 18.5 Å². The number of rotatable bonds is 1. The smallest absolute Gasteiger partial charge is 0.286 e. The molecule has 1 aliphatic heterocycles. The molecule has 0 aliphatic carbocycles. The zero-order valence-corrected chi connectivity index (χ0v) is 7.32. The van der Waals surface area contributed by atoms with Crippen molar-refractivity contribution in [3.05, 3.63) is 17.7 Å². The monoisotopic (exact) mass is 178 g/mol. The van der Waals surface area contributed by atoms with E-state index in [0.29, 0.717) is 0 Å². The molecule has 2 N–H and O–H groups in total. The summed E-state index contributed by atoms with van der Waals surface area (Å²) in [7, 11) is 1.97. The zero-order chi connectivity index (χ0) is 9.42. The lowest BCUT2D eigenvalue weighted by Crippen LogP contribution is -2.16. The number of hydrogen-bond donors (Lipinski definition) is 1. The number of likely N-dealkylation sites (N-methyl/N-ethyl adjacent to an activating group) is 1. The van der Waals surface area contributed by atoms with Crippen LogP contribution in [0.15, 0.2) is 6.20 Å². The van der Waals surface area contributed by atoms with Crippen molar-refractivity contribution < 1.29 is 4.79 Å². The Hall–Kier alpha value is -1.65. The molecule has 1 amide bonds. The molecule has 5 nitrogen and oxygen atoms in total. The molecule has 68 valence electrons. The van der Waals surface area contributed by atoms with Crippen LogP contribution in [-0.2, 0) is 6.42 Å². The summed E-state index contributed by atoms with van der Waals surface area (Å²) in [6.45, 7) is 0.923. The number of hydrogen-bond acceptors (Lipinski definition) is 4. The molecule has 0 fully saturated rings. The Morgan fingerprint density at radius 2 is 2.46 bits per heavy atom. The van der Waals surface area contributed by atoms with Crippen LogP contribution in [0.1, 0.15) is 16.3 Å². The van der Waals surface area contributed by atoms with E-state index in [1.165, 1.54) is 0 Å². The second-order valence-electron chi connectivity index (χ2n) is 3.06. The topological polar surface area (TPSA) is 72.1 Å². The van der Waals surface area contributed by atoms with Crippen LogP contribution in [-0.4, -0.2) is 29.5 Å². The van der Waals surface area contributed by atoms with Crippen molar-refractivity contribution in [3.8, 4) is 0 Å². The second-order valence-corrected chi connectivity index (χ2v) is 3.06. The van der Waals surface area contributed by atoms with Gasteiger partial charge in [-0.05, 0) is 0 Å². The Balaban J connectivity index is 2.45. The number of nitrogens with two attached hydrogens (primary N) is 1. The van der Waals surface area contributed by atoms with Crippen molar-refractivity contribution in [1.29, 1.82) is 0 Å². The van der Waals surface area contributed by atoms with E-state index in [9.17, 15) is 4.79 Å². The van der Waals surface area contributed by atoms with Crippen LogP contribution in [0.3, 0.4) is 0 Å². The fraction of sp³-hybridized carbons (Fsp3) is 0.375. The Kier molecular flexibility index (Phi) is 1.65. The average molecular weight is 178 g/mol. The van der Waals surface area contributed by atoms with E-state index in [-0.39, 0.29) is 5.82 Å². The maximum absolute atomic E-state index is 10.8. The lowest BCUT2D eigenvalue weighted by Gasteiger charge is -2.09. The van der Waals surface area contributed by atoms with Gasteiger partial charge < -0.3 is 10.6 Å². The Labute approximate surface area is 75.6 Å². The molecule has 1 aromatic heterocycles. The molecule has 2 heterocycles. The summed E-state index contributed by atoms with van der Waals surface area (Å²) < 4.78 is 0. The summed E-state index contributed by atoms with van der Waals surface area (Å²) in [4.78, 5) is 20.8. The van der Waals surface area contributed by atoms with E-state index < -0.39 is 5.91 Å². The molecule has 0 radical (unpaired) electrons. The Bertz CT molecular complexity index is 363. The molecule has 0 unspecified atom stereocenters. The molecule has 1 aromatic rings. The molecular formula is C8H10N4O. The first-order valence-corrected chi connectivity index (χ1v) is 4.05. The number of nitrogens with zero attached hydrogens (tertiary/aromatic N) is 3. The number of anilines is 1. The minimum absolute atomic E-state index is 0.106. The maximum atomic E-state index is 10.8. The van der Waals surface area contributed by atoms with E-state index in [4.69, 9.17) is 5.73 Å². The van der Waals surface area contributed by atoms with Gasteiger partial charge in [-0.25, -0.2) is 9.97 Å². The minimum atomic E-state index is -0.572. The van der Waals surface area contributed by atoms with E-state index in [1.54, 1.807) is 6.20 Å². The molecule has 13 heavy (non-hydrogen) atoms. The van der Waals surface area contributed by atoms with Crippen LogP contribution in [0.25, 0.3) is 0 Å². The van der Waals surface area contributed by atoms with Gasteiger partial charge in [0.25, 0.3) is 5.91 Å². The number of aromatic nitrogens is 2. The van der Waals surface area contributed by atoms with Crippen molar-refractivity contribution in [2.24, 2.45) is 5.73 Å². The quantitative estimate of drug-likeness (QED) is 0.633. The molecule has 5 heteroatoms. The van der Waals surface area contributed by atoms with Crippen LogP contribution >= 0.6 is 0 Å². The fourth-order valence-electron chi connectivity index (χ4n) is 1.43. The third-order valence-electron chi connectivity index (χ3n) is 2.16. The lowest BCUT2D eigenvalue weighted by molar-refractivity contribution is 0.0990. The van der Waals surface area contributed by atoms with Crippen LogP contribution < -0.4 is 10.6 Å². The number of carbonyl (C=O) groups excluding carboxylic acids is 1. The maximum Gasteiger partial charge on any atom is 0.286 e. The third kappa shape index (κ3) is 1.22. The van der Waals surface area contributed by atoms with Gasteiger partial charge in [0.2, 0.25) is 5.82 Å². The molecule has 0 atom stereocenters. The van der Waals surface area contributed by atoms with Gasteiger partial charge in [0.05, 0.1) is 17.6 Å². The minimum Gasteiger partial charge on any atom is -0.371 e. The molecule has 0 spiro atoms. The summed E-state index contributed by atoms with van der Waals surface area (Å²) in [6, 6.07) is 0. The van der Waals surface area contributed by atoms with E-state index in [1.807, 2.05) is 7.05 Å². The predicted octanol–water partition coefficient (Wildman–Crippen LogP) is -0.432. The van der Waals surface area contributed by atoms with Gasteiger partial charge in [-0.15, -0.1) is 0 Å². The number of fused-ring (bicyclic) bond motifs is 1. The molecule has 1 aliphatic rings. The summed E-state index contributed by atoms with van der Waals surface area (Å²) in [5.74, 6) is -0.466. The van der Waals surface area contributed by atoms with Gasteiger partial charge in [-0.1, -0.05) is 0 Å². The van der Waals surface area contributed by atoms with E-state index >= 15 is 0 Å². The van der Waals surface area contributed by atoms with Gasteiger partial charge in [0, 0.05) is 20.0 Å². The highest BCUT2D eigenvalue weighted by Gasteiger charge is 2.19. The van der Waals surface area contributed by atoms with E-state index in [0.717, 1.165) is 24.3 Å². The first-order valence-electron chi connectivity index (χ1n) is 4.05. The summed E-state index contributed by atoms with van der Waals surface area (Å²) in [5, 5.41) is 0. The van der Waals surface area contributed by atoms with Crippen molar-refractivity contribution >= 4 is 11.6 Å². The number of primary amides is 1. The SMILES string of the molecule is CN1CCc2nc(C(N)=O)ncc21. The molecule has 0 aromatic carbocycles. The van der Waals surface area contributed by atoms with Gasteiger partial charge in [0.15, 0.2) is 0 Å². The standard InChI is InChI=1S/C8H10N4O/c1-12-3-2-5-6(12)4-10-8(11-5)7(9)13/h4H,2-3H2,1H3,(H2,9,13). The molecular weight excluding hydrogens is 168 g/mol. The predicted molar refractivity (Wildman–Crippen MR) is 47.5 cm³/mol. The largest absolute Gasteiger partial charge is 0.371 e. The van der Waals surface area contributed by atoms with Crippen molar-refractivity contribution in [3.63, 3.8) is 0 Å². The Morgan fingerprint density at radius 3 is 3.15 bits per heavy atom. The van der Waals surface area contributed by atoms with Gasteiger partial charge >= 0.3 is 0 Å². The number of amides is 1. The van der Waals surface area contributed by atoms with Crippen LogP contribution in [0.4, 0.5) is 5.69 Å². The average Bonchev–Trinajstić information content (AvgIpc) is 2.47. The van der Waals surface area contributed by atoms with Gasteiger partial charge in [-0.2, -0.15) is 0 Å². The Morgan fingerprint density at radius 1 is 1.69 bits per heavy atom. The highest BCUT2D eigenvalue weighted by Crippen LogP contribution is 2.23. The molecule has 2 rings (SSSR count). The second kappa shape index (κ2) is 2.69. The van der Waals surface area contributed by atoms with Crippen molar-refractivity contribution in [2.45, 2.75) is 6.42 Å². The van der Waals surface area contributed by atoms with Gasteiger partial charge in [-0.3, -0.25) is 4.79 Å². The van der Waals surface area contributed by atoms with Crippen molar-refractivity contribution in [1.82, 2.24) is 9.97 Å². The molecule has 0 saturated heterocycles. The molecule has 0 bridgehead atoms. The summed E-state index contributed by atoms with van der Waals surface area (Å²) >= 11 is 0. The third-order valence-corrected chi connectivity index (χ3v) is 2.16. The molecule has 0 saturated carbocycles. The summed E-state index contributed by atoms with van der Waals surface area (Å²) in [6.07, 6.45) is 2.50. The van der Waals surface area contributed by atoms with Gasteiger partial charge in [0.1, 0.15) is 0 Å². The van der Waals surface area contributed by atoms with Crippen LogP contribution in [0.5, 0.6) is 0 Å². The lowest BCUT2D eigenvalue weighted by atomic mass is 10.3. The first kappa shape index (κ1) is 7.97. The normalized spacial score (nSPS) is 14.4. The van der Waals surface area contributed by atoms with E-state index in [2.05, 4.69) is 14.9 Å². The first-order chi connectivity index (χ1) is 6.18. The highest BCUT2D eigenvalue weighted by atomic mass is 16.1. The summed E-state index contributed by atoms with van der Waals surface area (Å²) in [5.41, 5.74) is 6.96. The van der Waals surface area contributed by atoms with Crippen LogP contribution in [0.2, 0.25) is 0 Å². The van der Waals surface area contributed by atoms with Crippen LogP contribution in [0, 0.1) is 0 Å². The highest BCUT2D eigenvalue weighted by molar-refractivity contribution is 5.89. The zero-order valence-electron chi connectivity index (χ0n) is 7.32. The fourth-order valence-corrected chi connectivity index (χ4v) is 1.43.